The first-order chi connectivity index (χ1) is 6.24. The molecule has 68 valence electrons. The van der Waals surface area contributed by atoms with E-state index in [4.69, 9.17) is 0 Å². The average Bonchev–Trinajstić information content (AvgIpc) is 2.43. The lowest BCUT2D eigenvalue weighted by Gasteiger charge is -2.19. The van der Waals surface area contributed by atoms with Crippen LogP contribution < -0.4 is 4.90 Å². The third-order valence-corrected chi connectivity index (χ3v) is 2.81. The fourth-order valence-electron chi connectivity index (χ4n) is 1.98. The number of hydrogen-bond acceptors (Lipinski definition) is 2. The molecule has 2 rings (SSSR count). The Kier molecular flexibility index (Phi) is 1.83. The van der Waals surface area contributed by atoms with Crippen LogP contribution in [0.5, 0.6) is 0 Å². The minimum absolute atomic E-state index is 0.510. The molecular weight excluding hydrogens is 162 g/mol. The van der Waals surface area contributed by atoms with Crippen molar-refractivity contribution in [3.63, 3.8) is 0 Å². The molecule has 2 heteroatoms. The highest BCUT2D eigenvalue weighted by Crippen LogP contribution is 2.32. The van der Waals surface area contributed by atoms with E-state index in [-0.39, 0.29) is 0 Å². The third-order valence-electron chi connectivity index (χ3n) is 2.81. The molecule has 1 heterocycles. The van der Waals surface area contributed by atoms with Crippen LogP contribution in [0.25, 0.3) is 0 Å². The molecule has 0 spiro atoms. The Hall–Kier alpha value is -1.31. The molecule has 0 aromatic heterocycles. The zero-order valence-electron chi connectivity index (χ0n) is 7.95. The van der Waals surface area contributed by atoms with Gasteiger partial charge in [0.15, 0.2) is 6.29 Å². The number of anilines is 1. The zero-order valence-corrected chi connectivity index (χ0v) is 7.95. The van der Waals surface area contributed by atoms with Crippen molar-refractivity contribution in [1.29, 1.82) is 0 Å². The van der Waals surface area contributed by atoms with Gasteiger partial charge in [0.1, 0.15) is 0 Å². The fraction of sp³-hybridized carbons (Fsp3) is 0.364. The number of carbonyl (C=O) groups is 1. The van der Waals surface area contributed by atoms with Crippen molar-refractivity contribution in [2.45, 2.75) is 19.4 Å². The second kappa shape index (κ2) is 2.87. The molecule has 13 heavy (non-hydrogen) atoms. The van der Waals surface area contributed by atoms with Crippen LogP contribution in [0.2, 0.25) is 0 Å². The molecule has 0 bridgehead atoms. The van der Waals surface area contributed by atoms with E-state index in [9.17, 15) is 4.79 Å². The molecule has 0 saturated carbocycles. The number of aldehydes is 1. The van der Waals surface area contributed by atoms with Gasteiger partial charge >= 0.3 is 0 Å². The first-order valence-corrected chi connectivity index (χ1v) is 4.54. The normalized spacial score (nSPS) is 20.2. The maximum Gasteiger partial charge on any atom is 0.152 e. The van der Waals surface area contributed by atoms with Gasteiger partial charge in [-0.1, -0.05) is 12.1 Å². The van der Waals surface area contributed by atoms with Crippen molar-refractivity contribution in [3.05, 3.63) is 29.3 Å². The minimum atomic E-state index is 0.510. The molecule has 2 nitrogen and oxygen atoms in total. The third kappa shape index (κ3) is 1.13. The summed E-state index contributed by atoms with van der Waals surface area (Å²) < 4.78 is 0. The SMILES string of the molecule is CC1Cc2cccc(C=O)c2N1C. The zero-order chi connectivity index (χ0) is 9.42. The van der Waals surface area contributed by atoms with Gasteiger partial charge < -0.3 is 4.90 Å². The lowest BCUT2D eigenvalue weighted by atomic mass is 10.1. The Balaban J connectivity index is 2.57. The van der Waals surface area contributed by atoms with E-state index >= 15 is 0 Å². The predicted octanol–water partition coefficient (Wildman–Crippen LogP) is 1.88. The Bertz CT molecular complexity index is 346. The predicted molar refractivity (Wildman–Crippen MR) is 53.4 cm³/mol. The Labute approximate surface area is 78.2 Å². The molecule has 1 atom stereocenters. The number of nitrogens with zero attached hydrogens (tertiary/aromatic N) is 1. The average molecular weight is 175 g/mol. The Morgan fingerprint density at radius 2 is 2.31 bits per heavy atom. The van der Waals surface area contributed by atoms with Crippen LogP contribution in [0.3, 0.4) is 0 Å². The second-order valence-corrected chi connectivity index (χ2v) is 3.64. The molecule has 0 radical (unpaired) electrons. The topological polar surface area (TPSA) is 20.3 Å². The minimum Gasteiger partial charge on any atom is -0.371 e. The van der Waals surface area contributed by atoms with E-state index in [1.165, 1.54) is 5.56 Å². The van der Waals surface area contributed by atoms with Gasteiger partial charge in [-0.2, -0.15) is 0 Å². The van der Waals surface area contributed by atoms with Gasteiger partial charge in [0.25, 0.3) is 0 Å². The molecule has 1 unspecified atom stereocenters. The first kappa shape index (κ1) is 8.30. The molecule has 1 aromatic rings. The Morgan fingerprint density at radius 1 is 1.54 bits per heavy atom. The van der Waals surface area contributed by atoms with Crippen molar-refractivity contribution < 1.29 is 4.79 Å². The number of carbonyl (C=O) groups excluding carboxylic acids is 1. The molecule has 1 aliphatic rings. The highest BCUT2D eigenvalue weighted by atomic mass is 16.1. The smallest absolute Gasteiger partial charge is 0.152 e. The highest BCUT2D eigenvalue weighted by molar-refractivity contribution is 5.87. The molecule has 0 aliphatic carbocycles. The van der Waals surface area contributed by atoms with Crippen molar-refractivity contribution in [3.8, 4) is 0 Å². The van der Waals surface area contributed by atoms with Crippen LogP contribution in [0.4, 0.5) is 5.69 Å². The number of para-hydroxylation sites is 1. The van der Waals surface area contributed by atoms with Gasteiger partial charge in [-0.25, -0.2) is 0 Å². The fourth-order valence-corrected chi connectivity index (χ4v) is 1.98. The van der Waals surface area contributed by atoms with Crippen LogP contribution in [0, 0.1) is 0 Å². The van der Waals surface area contributed by atoms with Gasteiger partial charge in [0.05, 0.1) is 5.69 Å². The van der Waals surface area contributed by atoms with Crippen molar-refractivity contribution >= 4 is 12.0 Å². The summed E-state index contributed by atoms with van der Waals surface area (Å²) in [6.07, 6.45) is 1.99. The lowest BCUT2D eigenvalue weighted by molar-refractivity contribution is 0.112. The standard InChI is InChI=1S/C11H13NO/c1-8-6-9-4-3-5-10(7-13)11(9)12(8)2/h3-5,7-8H,6H2,1-2H3. The number of likely N-dealkylation sites (N-methyl/N-ethyl adjacent to an activating group) is 1. The molecular formula is C11H13NO. The summed E-state index contributed by atoms with van der Waals surface area (Å²) in [7, 11) is 2.05. The van der Waals surface area contributed by atoms with Gasteiger partial charge in [-0.3, -0.25) is 4.79 Å². The summed E-state index contributed by atoms with van der Waals surface area (Å²) in [5.41, 5.74) is 3.22. The maximum absolute atomic E-state index is 10.8. The summed E-state index contributed by atoms with van der Waals surface area (Å²) in [6.45, 7) is 2.18. The Morgan fingerprint density at radius 3 is 3.00 bits per heavy atom. The molecule has 0 saturated heterocycles. The van der Waals surface area contributed by atoms with E-state index in [1.54, 1.807) is 0 Å². The molecule has 0 fully saturated rings. The van der Waals surface area contributed by atoms with Crippen LogP contribution in [-0.4, -0.2) is 19.4 Å². The largest absolute Gasteiger partial charge is 0.371 e. The number of benzene rings is 1. The van der Waals surface area contributed by atoms with Crippen LogP contribution in [0.15, 0.2) is 18.2 Å². The lowest BCUT2D eigenvalue weighted by Crippen LogP contribution is -2.24. The van der Waals surface area contributed by atoms with Gasteiger partial charge in [-0.15, -0.1) is 0 Å². The maximum atomic E-state index is 10.8. The first-order valence-electron chi connectivity index (χ1n) is 4.54. The van der Waals surface area contributed by atoms with E-state index in [2.05, 4.69) is 17.9 Å². The molecule has 1 aliphatic heterocycles. The van der Waals surface area contributed by atoms with Crippen molar-refractivity contribution in [1.82, 2.24) is 0 Å². The van der Waals surface area contributed by atoms with E-state index in [1.807, 2.05) is 19.2 Å². The monoisotopic (exact) mass is 175 g/mol. The molecule has 0 N–H and O–H groups in total. The van der Waals surface area contributed by atoms with E-state index in [0.29, 0.717) is 6.04 Å². The number of hydrogen-bond donors (Lipinski definition) is 0. The van der Waals surface area contributed by atoms with Crippen molar-refractivity contribution in [2.75, 3.05) is 11.9 Å². The van der Waals surface area contributed by atoms with E-state index < -0.39 is 0 Å². The summed E-state index contributed by atoms with van der Waals surface area (Å²) in [6, 6.07) is 6.44. The van der Waals surface area contributed by atoms with Crippen LogP contribution in [-0.2, 0) is 6.42 Å². The summed E-state index contributed by atoms with van der Waals surface area (Å²) >= 11 is 0. The van der Waals surface area contributed by atoms with Crippen LogP contribution >= 0.6 is 0 Å². The molecule has 0 amide bonds. The second-order valence-electron chi connectivity index (χ2n) is 3.64. The summed E-state index contributed by atoms with van der Waals surface area (Å²) in [5, 5.41) is 0. The summed E-state index contributed by atoms with van der Waals surface area (Å²) in [5.74, 6) is 0. The van der Waals surface area contributed by atoms with Gasteiger partial charge in [0, 0.05) is 18.7 Å². The van der Waals surface area contributed by atoms with Gasteiger partial charge in [0.2, 0.25) is 0 Å². The van der Waals surface area contributed by atoms with Crippen LogP contribution in [0.1, 0.15) is 22.8 Å². The van der Waals surface area contributed by atoms with Gasteiger partial charge in [-0.05, 0) is 25.0 Å². The molecule has 1 aromatic carbocycles. The quantitative estimate of drug-likeness (QED) is 0.607. The summed E-state index contributed by atoms with van der Waals surface area (Å²) in [4.78, 5) is 13.0. The van der Waals surface area contributed by atoms with Crippen molar-refractivity contribution in [2.24, 2.45) is 0 Å². The van der Waals surface area contributed by atoms with E-state index in [0.717, 1.165) is 24.0 Å². The highest BCUT2D eigenvalue weighted by Gasteiger charge is 2.24. The number of rotatable bonds is 1. The number of fused-ring (bicyclic) bond motifs is 1.